The number of likely N-dealkylation sites (tertiary alicyclic amines) is 2. The van der Waals surface area contributed by atoms with Gasteiger partial charge in [-0.15, -0.1) is 0 Å². The summed E-state index contributed by atoms with van der Waals surface area (Å²) in [6.45, 7) is 1.48. The summed E-state index contributed by atoms with van der Waals surface area (Å²) in [6.07, 6.45) is 2.61. The van der Waals surface area contributed by atoms with Gasteiger partial charge in [0.25, 0.3) is 5.91 Å². The van der Waals surface area contributed by atoms with Crippen LogP contribution < -0.4 is 5.73 Å². The molecule has 0 atom stereocenters. The number of piperidine rings is 2. The first-order chi connectivity index (χ1) is 11.9. The molecule has 0 aliphatic carbocycles. The molecule has 1 spiro atoms. The van der Waals surface area contributed by atoms with Gasteiger partial charge in [0.1, 0.15) is 5.82 Å². The van der Waals surface area contributed by atoms with E-state index in [2.05, 4.69) is 0 Å². The Morgan fingerprint density at radius 3 is 2.48 bits per heavy atom. The molecule has 2 saturated heterocycles. The highest BCUT2D eigenvalue weighted by Gasteiger charge is 2.42. The van der Waals surface area contributed by atoms with Crippen molar-refractivity contribution in [2.75, 3.05) is 26.2 Å². The molecule has 7 heteroatoms. The Bertz CT molecular complexity index is 699. The lowest BCUT2D eigenvalue weighted by Crippen LogP contribution is -2.53. The second kappa shape index (κ2) is 6.82. The molecule has 1 aromatic rings. The fourth-order valence-electron chi connectivity index (χ4n) is 3.83. The van der Waals surface area contributed by atoms with E-state index in [-0.39, 0.29) is 29.3 Å². The molecule has 3 amide bonds. The van der Waals surface area contributed by atoms with Crippen LogP contribution in [-0.4, -0.2) is 53.7 Å². The Hall–Kier alpha value is -2.44. The topological polar surface area (TPSA) is 83.7 Å². The number of nitrogens with zero attached hydrogens (tertiary/aromatic N) is 2. The normalized spacial score (nSPS) is 20.0. The lowest BCUT2D eigenvalue weighted by atomic mass is 9.72. The molecule has 25 heavy (non-hydrogen) atoms. The summed E-state index contributed by atoms with van der Waals surface area (Å²) >= 11 is 0. The maximum Gasteiger partial charge on any atom is 0.256 e. The Labute approximate surface area is 145 Å². The van der Waals surface area contributed by atoms with Crippen molar-refractivity contribution in [2.45, 2.75) is 25.7 Å². The summed E-state index contributed by atoms with van der Waals surface area (Å²) in [5, 5.41) is 0. The van der Waals surface area contributed by atoms with Crippen LogP contribution in [0.3, 0.4) is 0 Å². The number of benzene rings is 1. The van der Waals surface area contributed by atoms with Crippen molar-refractivity contribution in [1.29, 1.82) is 0 Å². The summed E-state index contributed by atoms with van der Waals surface area (Å²) in [7, 11) is 0. The van der Waals surface area contributed by atoms with Gasteiger partial charge in [0.15, 0.2) is 0 Å². The van der Waals surface area contributed by atoms with Crippen LogP contribution in [0, 0.1) is 11.2 Å². The van der Waals surface area contributed by atoms with Crippen LogP contribution in [0.4, 0.5) is 4.39 Å². The van der Waals surface area contributed by atoms with E-state index in [1.807, 2.05) is 0 Å². The number of halogens is 1. The SMILES string of the molecule is NC(=O)CN1CC2(CCC1=O)CCN(C(=O)c1ccccc1F)CC2. The quantitative estimate of drug-likeness (QED) is 0.890. The predicted octanol–water partition coefficient (Wildman–Crippen LogP) is 1.16. The zero-order valence-corrected chi connectivity index (χ0v) is 14.0. The van der Waals surface area contributed by atoms with Crippen molar-refractivity contribution in [3.8, 4) is 0 Å². The molecule has 2 heterocycles. The van der Waals surface area contributed by atoms with Crippen LogP contribution in [0.5, 0.6) is 0 Å². The average molecular weight is 347 g/mol. The molecule has 2 aliphatic heterocycles. The molecule has 0 unspecified atom stereocenters. The van der Waals surface area contributed by atoms with Gasteiger partial charge in [-0.05, 0) is 36.8 Å². The van der Waals surface area contributed by atoms with Crippen LogP contribution in [0.15, 0.2) is 24.3 Å². The van der Waals surface area contributed by atoms with Crippen LogP contribution in [0.25, 0.3) is 0 Å². The van der Waals surface area contributed by atoms with Gasteiger partial charge in [-0.1, -0.05) is 12.1 Å². The maximum atomic E-state index is 13.8. The van der Waals surface area contributed by atoms with Gasteiger partial charge in [0, 0.05) is 26.1 Å². The fraction of sp³-hybridized carbons (Fsp3) is 0.500. The average Bonchev–Trinajstić information content (AvgIpc) is 2.58. The van der Waals surface area contributed by atoms with Crippen molar-refractivity contribution in [3.63, 3.8) is 0 Å². The first-order valence-electron chi connectivity index (χ1n) is 8.50. The van der Waals surface area contributed by atoms with Crippen molar-refractivity contribution >= 4 is 17.7 Å². The lowest BCUT2D eigenvalue weighted by molar-refractivity contribution is -0.142. The van der Waals surface area contributed by atoms with Crippen molar-refractivity contribution in [2.24, 2.45) is 11.1 Å². The van der Waals surface area contributed by atoms with Gasteiger partial charge in [0.2, 0.25) is 11.8 Å². The summed E-state index contributed by atoms with van der Waals surface area (Å²) in [5.74, 6) is -1.37. The molecular weight excluding hydrogens is 325 g/mol. The fourth-order valence-corrected chi connectivity index (χ4v) is 3.83. The molecular formula is C18H22FN3O3. The molecule has 6 nitrogen and oxygen atoms in total. The highest BCUT2D eigenvalue weighted by Crippen LogP contribution is 2.40. The van der Waals surface area contributed by atoms with Crippen molar-refractivity contribution in [3.05, 3.63) is 35.6 Å². The van der Waals surface area contributed by atoms with Gasteiger partial charge in [-0.3, -0.25) is 14.4 Å². The molecule has 0 saturated carbocycles. The number of nitrogens with two attached hydrogens (primary N) is 1. The van der Waals surface area contributed by atoms with Gasteiger partial charge in [-0.2, -0.15) is 0 Å². The number of rotatable bonds is 3. The zero-order chi connectivity index (χ0) is 18.0. The predicted molar refractivity (Wildman–Crippen MR) is 89.0 cm³/mol. The molecule has 0 aromatic heterocycles. The minimum absolute atomic E-state index is 0.0470. The second-order valence-electron chi connectivity index (χ2n) is 6.99. The molecule has 2 fully saturated rings. The van der Waals surface area contributed by atoms with E-state index in [1.165, 1.54) is 17.0 Å². The Morgan fingerprint density at radius 2 is 1.84 bits per heavy atom. The highest BCUT2D eigenvalue weighted by atomic mass is 19.1. The number of amides is 3. The van der Waals surface area contributed by atoms with Gasteiger partial charge < -0.3 is 15.5 Å². The molecule has 1 aromatic carbocycles. The Kier molecular flexibility index (Phi) is 4.74. The zero-order valence-electron chi connectivity index (χ0n) is 14.0. The van der Waals surface area contributed by atoms with Gasteiger partial charge >= 0.3 is 0 Å². The third kappa shape index (κ3) is 3.65. The van der Waals surface area contributed by atoms with Gasteiger partial charge in [-0.25, -0.2) is 4.39 Å². The van der Waals surface area contributed by atoms with E-state index in [1.54, 1.807) is 17.0 Å². The number of hydrogen-bond donors (Lipinski definition) is 1. The molecule has 134 valence electrons. The Morgan fingerprint density at radius 1 is 1.16 bits per heavy atom. The summed E-state index contributed by atoms with van der Waals surface area (Å²) in [5.41, 5.74) is 5.23. The molecule has 3 rings (SSSR count). The Balaban J connectivity index is 1.65. The van der Waals surface area contributed by atoms with Crippen LogP contribution in [0.1, 0.15) is 36.0 Å². The van der Waals surface area contributed by atoms with E-state index in [0.29, 0.717) is 26.1 Å². The third-order valence-electron chi connectivity index (χ3n) is 5.31. The number of primary amides is 1. The number of carbonyl (C=O) groups is 3. The van der Waals surface area contributed by atoms with E-state index in [4.69, 9.17) is 5.73 Å². The van der Waals surface area contributed by atoms with E-state index >= 15 is 0 Å². The monoisotopic (exact) mass is 347 g/mol. The summed E-state index contributed by atoms with van der Waals surface area (Å²) in [4.78, 5) is 38.8. The van der Waals surface area contributed by atoms with E-state index in [0.717, 1.165) is 19.3 Å². The van der Waals surface area contributed by atoms with E-state index < -0.39 is 11.7 Å². The molecule has 2 aliphatic rings. The van der Waals surface area contributed by atoms with Crippen LogP contribution in [0.2, 0.25) is 0 Å². The van der Waals surface area contributed by atoms with Crippen molar-refractivity contribution in [1.82, 2.24) is 9.80 Å². The molecule has 0 bridgehead atoms. The maximum absolute atomic E-state index is 13.8. The standard InChI is InChI=1S/C18H22FN3O3/c19-14-4-2-1-3-13(14)17(25)21-9-7-18(8-10-21)6-5-16(24)22(12-18)11-15(20)23/h1-4H,5-12H2,(H2,20,23). The number of hydrogen-bond acceptors (Lipinski definition) is 3. The second-order valence-corrected chi connectivity index (χ2v) is 6.99. The lowest BCUT2D eigenvalue weighted by Gasteiger charge is -2.47. The number of carbonyl (C=O) groups excluding carboxylic acids is 3. The van der Waals surface area contributed by atoms with Crippen LogP contribution in [-0.2, 0) is 9.59 Å². The molecule has 2 N–H and O–H groups in total. The largest absolute Gasteiger partial charge is 0.368 e. The van der Waals surface area contributed by atoms with E-state index in [9.17, 15) is 18.8 Å². The van der Waals surface area contributed by atoms with Crippen molar-refractivity contribution < 1.29 is 18.8 Å². The minimum atomic E-state index is -0.516. The third-order valence-corrected chi connectivity index (χ3v) is 5.31. The van der Waals surface area contributed by atoms with Crippen LogP contribution >= 0.6 is 0 Å². The minimum Gasteiger partial charge on any atom is -0.368 e. The smallest absolute Gasteiger partial charge is 0.256 e. The summed E-state index contributed by atoms with van der Waals surface area (Å²) in [6, 6.07) is 5.99. The first-order valence-corrected chi connectivity index (χ1v) is 8.50. The van der Waals surface area contributed by atoms with Gasteiger partial charge in [0.05, 0.1) is 12.1 Å². The molecule has 0 radical (unpaired) electrons. The summed E-state index contributed by atoms with van der Waals surface area (Å²) < 4.78 is 13.8. The first kappa shape index (κ1) is 17.4. The highest BCUT2D eigenvalue weighted by molar-refractivity contribution is 5.94.